The highest BCUT2D eigenvalue weighted by Gasteiger charge is 2.35. The Morgan fingerprint density at radius 3 is 2.68 bits per heavy atom. The summed E-state index contributed by atoms with van der Waals surface area (Å²) in [6, 6.07) is 9.55. The molecule has 0 spiro atoms. The van der Waals surface area contributed by atoms with Crippen molar-refractivity contribution in [1.29, 1.82) is 0 Å². The third-order valence-corrected chi connectivity index (χ3v) is 7.87. The smallest absolute Gasteiger partial charge is 0.433 e. The molecule has 41 heavy (non-hydrogen) atoms. The molecule has 13 heteroatoms. The van der Waals surface area contributed by atoms with Crippen LogP contribution in [0.15, 0.2) is 42.7 Å². The lowest BCUT2D eigenvalue weighted by Crippen LogP contribution is -2.45. The summed E-state index contributed by atoms with van der Waals surface area (Å²) >= 11 is 1.31. The number of thiazole rings is 1. The van der Waals surface area contributed by atoms with E-state index in [1.54, 1.807) is 18.2 Å². The molecule has 2 atom stereocenters. The third kappa shape index (κ3) is 6.41. The number of anilines is 2. The van der Waals surface area contributed by atoms with Gasteiger partial charge in [0.2, 0.25) is 11.8 Å². The molecule has 9 nitrogen and oxygen atoms in total. The minimum atomic E-state index is -4.60. The lowest BCUT2D eigenvalue weighted by atomic mass is 10.1. The fourth-order valence-corrected chi connectivity index (χ4v) is 6.03. The third-order valence-electron chi connectivity index (χ3n) is 6.93. The van der Waals surface area contributed by atoms with E-state index < -0.39 is 11.9 Å². The first-order valence-corrected chi connectivity index (χ1v) is 14.1. The van der Waals surface area contributed by atoms with Crippen molar-refractivity contribution < 1.29 is 22.7 Å². The van der Waals surface area contributed by atoms with Crippen LogP contribution in [0.5, 0.6) is 11.6 Å². The van der Waals surface area contributed by atoms with Crippen molar-refractivity contribution in [1.82, 2.24) is 24.8 Å². The van der Waals surface area contributed by atoms with E-state index in [0.717, 1.165) is 30.2 Å². The Morgan fingerprint density at radius 2 is 1.95 bits per heavy atom. The number of alkyl halides is 3. The van der Waals surface area contributed by atoms with Gasteiger partial charge in [0.25, 0.3) is 0 Å². The topological polar surface area (TPSA) is 105 Å². The van der Waals surface area contributed by atoms with Crippen molar-refractivity contribution in [2.45, 2.75) is 64.8 Å². The van der Waals surface area contributed by atoms with Crippen molar-refractivity contribution in [3.63, 3.8) is 0 Å². The number of pyridine rings is 1. The Kier molecular flexibility index (Phi) is 8.09. The van der Waals surface area contributed by atoms with Crippen molar-refractivity contribution in [2.24, 2.45) is 0 Å². The number of amides is 1. The van der Waals surface area contributed by atoms with Crippen molar-refractivity contribution in [3.05, 3.63) is 48.4 Å². The molecular weight excluding hydrogens is 555 g/mol. The molecule has 0 saturated carbocycles. The number of carbonyl (C=O) groups is 1. The van der Waals surface area contributed by atoms with Crippen LogP contribution in [-0.4, -0.2) is 55.4 Å². The number of ether oxygens (including phenoxy) is 1. The molecule has 216 valence electrons. The van der Waals surface area contributed by atoms with Crippen LogP contribution in [0.4, 0.5) is 24.1 Å². The molecular formula is C28H30F3N7O2S. The van der Waals surface area contributed by atoms with E-state index in [4.69, 9.17) is 4.74 Å². The summed E-state index contributed by atoms with van der Waals surface area (Å²) < 4.78 is 47.8. The van der Waals surface area contributed by atoms with Gasteiger partial charge in [-0.15, -0.1) is 0 Å². The van der Waals surface area contributed by atoms with Crippen LogP contribution >= 0.6 is 11.3 Å². The molecule has 1 amide bonds. The molecule has 3 aromatic heterocycles. The average molecular weight is 586 g/mol. The molecule has 1 aliphatic heterocycles. The SMILES string of the molecule is CC(=O)Nc1nc2c(Oc3cc(-c4ccc(C(F)(F)F)nc4N[C@@H](C)[C@@H]4CCCN4C(C)C)ncn3)cccc2s1. The van der Waals surface area contributed by atoms with E-state index in [0.29, 0.717) is 33.7 Å². The predicted molar refractivity (Wildman–Crippen MR) is 152 cm³/mol. The van der Waals surface area contributed by atoms with Crippen LogP contribution in [0.3, 0.4) is 0 Å². The first kappa shape index (κ1) is 28.7. The maximum absolute atomic E-state index is 13.6. The molecule has 1 fully saturated rings. The maximum Gasteiger partial charge on any atom is 0.433 e. The van der Waals surface area contributed by atoms with Crippen LogP contribution in [0.1, 0.15) is 46.2 Å². The molecule has 1 aromatic carbocycles. The number of nitrogens with zero attached hydrogens (tertiary/aromatic N) is 5. The first-order chi connectivity index (χ1) is 19.5. The van der Waals surface area contributed by atoms with Gasteiger partial charge in [0, 0.05) is 36.7 Å². The standard InChI is InChI=1S/C28H30F3N7O2S/c1-15(2)38-12-6-7-20(38)16(3)34-26-18(10-11-23(36-26)28(29,30)31)19-13-24(33-14-32-19)40-21-8-5-9-22-25(21)37-27(41-22)35-17(4)39/h5,8-11,13-16,20H,6-7,12H2,1-4H3,(H,34,36)(H,35,37,39)/t16-,20-/m0/s1. The van der Waals surface area contributed by atoms with Gasteiger partial charge in [-0.3, -0.25) is 9.69 Å². The van der Waals surface area contributed by atoms with Crippen LogP contribution in [0, 0.1) is 0 Å². The number of halogens is 3. The first-order valence-electron chi connectivity index (χ1n) is 13.3. The number of carbonyl (C=O) groups excluding carboxylic acids is 1. The van der Waals surface area contributed by atoms with Gasteiger partial charge in [-0.2, -0.15) is 13.2 Å². The summed E-state index contributed by atoms with van der Waals surface area (Å²) in [5.41, 5.74) is 0.298. The van der Waals surface area contributed by atoms with Crippen molar-refractivity contribution >= 4 is 38.4 Å². The van der Waals surface area contributed by atoms with Crippen LogP contribution in [-0.2, 0) is 11.0 Å². The van der Waals surface area contributed by atoms with Crippen LogP contribution in [0.25, 0.3) is 21.5 Å². The summed E-state index contributed by atoms with van der Waals surface area (Å²) in [6.07, 6.45) is -1.34. The Hall–Kier alpha value is -3.84. The quantitative estimate of drug-likeness (QED) is 0.239. The van der Waals surface area contributed by atoms with E-state index in [2.05, 4.69) is 49.3 Å². The van der Waals surface area contributed by atoms with Gasteiger partial charge in [-0.25, -0.2) is 19.9 Å². The van der Waals surface area contributed by atoms with E-state index >= 15 is 0 Å². The number of para-hydroxylation sites is 1. The highest BCUT2D eigenvalue weighted by atomic mass is 32.1. The number of fused-ring (bicyclic) bond motifs is 1. The van der Waals surface area contributed by atoms with Crippen LogP contribution in [0.2, 0.25) is 0 Å². The number of rotatable bonds is 8. The number of likely N-dealkylation sites (tertiary alicyclic amines) is 1. The Labute approximate surface area is 239 Å². The minimum absolute atomic E-state index is 0.0918. The molecule has 4 aromatic rings. The van der Waals surface area contributed by atoms with Gasteiger partial charge in [-0.05, 0) is 64.4 Å². The molecule has 0 bridgehead atoms. The Morgan fingerprint density at radius 1 is 1.15 bits per heavy atom. The fourth-order valence-electron chi connectivity index (χ4n) is 5.10. The van der Waals surface area contributed by atoms with Crippen molar-refractivity contribution in [2.75, 3.05) is 17.2 Å². The zero-order valence-electron chi connectivity index (χ0n) is 23.0. The zero-order valence-corrected chi connectivity index (χ0v) is 23.8. The minimum Gasteiger partial charge on any atom is -0.437 e. The molecule has 0 unspecified atom stereocenters. The number of hydrogen-bond acceptors (Lipinski definition) is 9. The van der Waals surface area contributed by atoms with E-state index in [1.165, 1.54) is 30.7 Å². The number of hydrogen-bond donors (Lipinski definition) is 2. The average Bonchev–Trinajstić information content (AvgIpc) is 3.56. The summed E-state index contributed by atoms with van der Waals surface area (Å²) in [4.78, 5) is 30.8. The number of aromatic nitrogens is 4. The predicted octanol–water partition coefficient (Wildman–Crippen LogP) is 6.59. The van der Waals surface area contributed by atoms with E-state index in [9.17, 15) is 18.0 Å². The molecule has 1 aliphatic rings. The van der Waals surface area contributed by atoms with Gasteiger partial charge < -0.3 is 15.4 Å². The molecule has 0 aliphatic carbocycles. The Bertz CT molecular complexity index is 1560. The summed E-state index contributed by atoms with van der Waals surface area (Å²) in [5, 5.41) is 6.37. The van der Waals surface area contributed by atoms with Crippen LogP contribution < -0.4 is 15.4 Å². The van der Waals surface area contributed by atoms with E-state index in [-0.39, 0.29) is 29.7 Å². The van der Waals surface area contributed by atoms with Gasteiger partial charge in [0.05, 0.1) is 10.4 Å². The highest BCUT2D eigenvalue weighted by molar-refractivity contribution is 7.22. The molecule has 0 radical (unpaired) electrons. The molecule has 4 heterocycles. The molecule has 5 rings (SSSR count). The Balaban J connectivity index is 1.47. The fraction of sp³-hybridized carbons (Fsp3) is 0.393. The van der Waals surface area contributed by atoms with Crippen molar-refractivity contribution in [3.8, 4) is 22.9 Å². The molecule has 2 N–H and O–H groups in total. The lowest BCUT2D eigenvalue weighted by Gasteiger charge is -2.33. The second-order valence-corrected chi connectivity index (χ2v) is 11.2. The monoisotopic (exact) mass is 585 g/mol. The maximum atomic E-state index is 13.6. The second kappa shape index (κ2) is 11.6. The zero-order chi connectivity index (χ0) is 29.3. The summed E-state index contributed by atoms with van der Waals surface area (Å²) in [5.74, 6) is 0.444. The second-order valence-electron chi connectivity index (χ2n) is 10.2. The molecule has 1 saturated heterocycles. The summed E-state index contributed by atoms with van der Waals surface area (Å²) in [7, 11) is 0. The lowest BCUT2D eigenvalue weighted by molar-refractivity contribution is -0.141. The highest BCUT2D eigenvalue weighted by Crippen LogP contribution is 2.37. The summed E-state index contributed by atoms with van der Waals surface area (Å²) in [6.45, 7) is 8.56. The largest absolute Gasteiger partial charge is 0.437 e. The number of benzene rings is 1. The normalized spacial score (nSPS) is 16.7. The van der Waals surface area contributed by atoms with E-state index in [1.807, 2.05) is 13.0 Å². The van der Waals surface area contributed by atoms with Gasteiger partial charge in [-0.1, -0.05) is 17.4 Å². The van der Waals surface area contributed by atoms with Gasteiger partial charge in [0.15, 0.2) is 10.9 Å². The number of nitrogens with one attached hydrogen (secondary N) is 2. The van der Waals surface area contributed by atoms with Gasteiger partial charge in [0.1, 0.15) is 23.4 Å². The van der Waals surface area contributed by atoms with Gasteiger partial charge >= 0.3 is 6.18 Å².